The summed E-state index contributed by atoms with van der Waals surface area (Å²) < 4.78 is 32.5. The number of hydrogen-bond acceptors (Lipinski definition) is 2. The van der Waals surface area contributed by atoms with Gasteiger partial charge < -0.3 is 4.74 Å². The van der Waals surface area contributed by atoms with E-state index >= 15 is 0 Å². The number of morpholine rings is 1. The molecule has 0 spiro atoms. The monoisotopic (exact) mass is 291 g/mol. The van der Waals surface area contributed by atoms with Crippen molar-refractivity contribution in [1.29, 1.82) is 0 Å². The lowest BCUT2D eigenvalue weighted by molar-refractivity contribution is -0.0610. The first-order chi connectivity index (χ1) is 8.38. The second kappa shape index (κ2) is 6.16. The second-order valence-electron chi connectivity index (χ2n) is 5.64. The molecule has 0 amide bonds. The van der Waals surface area contributed by atoms with Crippen LogP contribution >= 0.6 is 12.4 Å². The Morgan fingerprint density at radius 2 is 1.95 bits per heavy atom. The highest BCUT2D eigenvalue weighted by Gasteiger charge is 2.30. The van der Waals surface area contributed by atoms with Gasteiger partial charge in [-0.3, -0.25) is 4.90 Å². The van der Waals surface area contributed by atoms with Crippen molar-refractivity contribution in [3.05, 3.63) is 35.4 Å². The van der Waals surface area contributed by atoms with Crippen LogP contribution in [-0.4, -0.2) is 30.1 Å². The molecule has 1 unspecified atom stereocenters. The predicted octanol–water partition coefficient (Wildman–Crippen LogP) is 3.56. The van der Waals surface area contributed by atoms with Gasteiger partial charge in [-0.25, -0.2) is 8.78 Å². The Morgan fingerprint density at radius 3 is 2.58 bits per heavy atom. The zero-order chi connectivity index (χ0) is 13.3. The smallest absolute Gasteiger partial charge is 0.129 e. The van der Waals surface area contributed by atoms with E-state index in [1.165, 1.54) is 6.07 Å². The highest BCUT2D eigenvalue weighted by atomic mass is 35.5. The van der Waals surface area contributed by atoms with E-state index in [2.05, 4.69) is 25.7 Å². The first-order valence-corrected chi connectivity index (χ1v) is 6.19. The van der Waals surface area contributed by atoms with Crippen molar-refractivity contribution in [2.75, 3.05) is 19.7 Å². The number of ether oxygens (including phenoxy) is 1. The van der Waals surface area contributed by atoms with E-state index in [-0.39, 0.29) is 17.9 Å². The van der Waals surface area contributed by atoms with Crippen LogP contribution in [0.5, 0.6) is 0 Å². The summed E-state index contributed by atoms with van der Waals surface area (Å²) in [7, 11) is 0. The van der Waals surface area contributed by atoms with E-state index in [4.69, 9.17) is 4.74 Å². The highest BCUT2D eigenvalue weighted by Crippen LogP contribution is 2.28. The summed E-state index contributed by atoms with van der Waals surface area (Å²) in [6.45, 7) is 8.27. The Kier molecular flexibility index (Phi) is 5.30. The summed E-state index contributed by atoms with van der Waals surface area (Å²) in [6.07, 6.45) is -0.395. The largest absolute Gasteiger partial charge is 0.371 e. The molecule has 19 heavy (non-hydrogen) atoms. The van der Waals surface area contributed by atoms with Crippen LogP contribution in [0.1, 0.15) is 32.4 Å². The molecule has 1 aliphatic rings. The molecule has 5 heteroatoms. The molecular formula is C14H20ClF2NO. The maximum absolute atomic E-state index is 13.7. The molecule has 1 aliphatic heterocycles. The van der Waals surface area contributed by atoms with Crippen LogP contribution in [0, 0.1) is 11.6 Å². The lowest BCUT2D eigenvalue weighted by Crippen LogP contribution is -2.49. The van der Waals surface area contributed by atoms with Crippen molar-refractivity contribution in [3.8, 4) is 0 Å². The van der Waals surface area contributed by atoms with Gasteiger partial charge in [-0.2, -0.15) is 0 Å². The Labute approximate surface area is 119 Å². The van der Waals surface area contributed by atoms with Crippen molar-refractivity contribution < 1.29 is 13.5 Å². The zero-order valence-corrected chi connectivity index (χ0v) is 12.3. The second-order valence-corrected chi connectivity index (χ2v) is 5.64. The molecule has 0 aromatic heterocycles. The summed E-state index contributed by atoms with van der Waals surface area (Å²) in [5.41, 5.74) is 0.315. The summed E-state index contributed by atoms with van der Waals surface area (Å²) >= 11 is 0. The van der Waals surface area contributed by atoms with E-state index in [9.17, 15) is 8.78 Å². The number of nitrogens with zero attached hydrogens (tertiary/aromatic N) is 1. The minimum absolute atomic E-state index is 0. The average Bonchev–Trinajstić information content (AvgIpc) is 2.31. The van der Waals surface area contributed by atoms with E-state index in [1.807, 2.05) is 0 Å². The summed E-state index contributed by atoms with van der Waals surface area (Å²) in [6, 6.07) is 3.51. The predicted molar refractivity (Wildman–Crippen MR) is 73.6 cm³/mol. The van der Waals surface area contributed by atoms with Gasteiger partial charge in [-0.1, -0.05) is 0 Å². The molecule has 0 aliphatic carbocycles. The number of rotatable bonds is 1. The van der Waals surface area contributed by atoms with E-state index in [0.29, 0.717) is 18.7 Å². The molecule has 1 heterocycles. The van der Waals surface area contributed by atoms with Gasteiger partial charge in [0.05, 0.1) is 12.7 Å². The third-order valence-corrected chi connectivity index (χ3v) is 3.32. The van der Waals surface area contributed by atoms with Gasteiger partial charge in [0, 0.05) is 24.2 Å². The number of benzene rings is 1. The van der Waals surface area contributed by atoms with Crippen molar-refractivity contribution >= 4 is 12.4 Å². The first kappa shape index (κ1) is 16.3. The topological polar surface area (TPSA) is 12.5 Å². The van der Waals surface area contributed by atoms with Crippen molar-refractivity contribution in [3.63, 3.8) is 0 Å². The molecule has 0 N–H and O–H groups in total. The molecule has 1 atom stereocenters. The fourth-order valence-corrected chi connectivity index (χ4v) is 2.21. The lowest BCUT2D eigenvalue weighted by atomic mass is 10.0. The standard InChI is InChI=1S/C14H19F2NO.ClH/c1-14(2,3)17-6-7-18-13(9-17)11-8-10(15)4-5-12(11)16;/h4-5,8,13H,6-7,9H2,1-3H3;1H. The zero-order valence-electron chi connectivity index (χ0n) is 11.5. The third-order valence-electron chi connectivity index (χ3n) is 3.32. The minimum Gasteiger partial charge on any atom is -0.371 e. The van der Waals surface area contributed by atoms with Gasteiger partial charge in [-0.05, 0) is 39.0 Å². The number of hydrogen-bond donors (Lipinski definition) is 0. The van der Waals surface area contributed by atoms with E-state index in [1.54, 1.807) is 0 Å². The molecule has 1 saturated heterocycles. The van der Waals surface area contributed by atoms with Gasteiger partial charge in [0.2, 0.25) is 0 Å². The van der Waals surface area contributed by atoms with Crippen LogP contribution in [0.3, 0.4) is 0 Å². The van der Waals surface area contributed by atoms with Gasteiger partial charge in [0.15, 0.2) is 0 Å². The van der Waals surface area contributed by atoms with Crippen molar-refractivity contribution in [2.45, 2.75) is 32.4 Å². The van der Waals surface area contributed by atoms with Gasteiger partial charge in [0.25, 0.3) is 0 Å². The van der Waals surface area contributed by atoms with Crippen LogP contribution in [-0.2, 0) is 4.74 Å². The van der Waals surface area contributed by atoms with Crippen LogP contribution < -0.4 is 0 Å². The van der Waals surface area contributed by atoms with Crippen LogP contribution in [0.25, 0.3) is 0 Å². The molecular weight excluding hydrogens is 272 g/mol. The highest BCUT2D eigenvalue weighted by molar-refractivity contribution is 5.85. The van der Waals surface area contributed by atoms with Gasteiger partial charge >= 0.3 is 0 Å². The molecule has 0 radical (unpaired) electrons. The molecule has 1 aromatic rings. The summed E-state index contributed by atoms with van der Waals surface area (Å²) in [5.74, 6) is -0.833. The third kappa shape index (κ3) is 3.88. The van der Waals surface area contributed by atoms with Gasteiger partial charge in [-0.15, -0.1) is 12.4 Å². The summed E-state index contributed by atoms with van der Waals surface area (Å²) in [5, 5.41) is 0. The van der Waals surface area contributed by atoms with Crippen LogP contribution in [0.15, 0.2) is 18.2 Å². The van der Waals surface area contributed by atoms with Crippen LogP contribution in [0.2, 0.25) is 0 Å². The van der Waals surface area contributed by atoms with E-state index < -0.39 is 17.7 Å². The SMILES string of the molecule is CC(C)(C)N1CCOC(c2cc(F)ccc2F)C1.Cl. The van der Waals surface area contributed by atoms with Crippen molar-refractivity contribution in [1.82, 2.24) is 4.90 Å². The van der Waals surface area contributed by atoms with Crippen molar-refractivity contribution in [2.24, 2.45) is 0 Å². The molecule has 2 nitrogen and oxygen atoms in total. The fourth-order valence-electron chi connectivity index (χ4n) is 2.21. The molecule has 0 saturated carbocycles. The molecule has 1 fully saturated rings. The first-order valence-electron chi connectivity index (χ1n) is 6.19. The fraction of sp³-hybridized carbons (Fsp3) is 0.571. The van der Waals surface area contributed by atoms with E-state index in [0.717, 1.165) is 18.7 Å². The lowest BCUT2D eigenvalue weighted by Gasteiger charge is -2.41. The molecule has 0 bridgehead atoms. The number of halogens is 3. The Balaban J connectivity index is 0.00000180. The van der Waals surface area contributed by atoms with Gasteiger partial charge in [0.1, 0.15) is 11.6 Å². The Morgan fingerprint density at radius 1 is 1.26 bits per heavy atom. The Hall–Kier alpha value is -0.710. The summed E-state index contributed by atoms with van der Waals surface area (Å²) in [4.78, 5) is 2.23. The maximum Gasteiger partial charge on any atom is 0.129 e. The maximum atomic E-state index is 13.7. The van der Waals surface area contributed by atoms with Crippen LogP contribution in [0.4, 0.5) is 8.78 Å². The molecule has 2 rings (SSSR count). The minimum atomic E-state index is -0.428. The average molecular weight is 292 g/mol. The molecule has 1 aromatic carbocycles. The Bertz CT molecular complexity index is 434. The molecule has 108 valence electrons. The quantitative estimate of drug-likeness (QED) is 0.784. The normalized spacial score (nSPS) is 21.0.